The van der Waals surface area contributed by atoms with Crippen LogP contribution in [0.25, 0.3) is 0 Å². The summed E-state index contributed by atoms with van der Waals surface area (Å²) in [6.45, 7) is 1.76. The summed E-state index contributed by atoms with van der Waals surface area (Å²) in [5, 5.41) is 9.01. The van der Waals surface area contributed by atoms with Gasteiger partial charge >= 0.3 is 6.09 Å². The summed E-state index contributed by atoms with van der Waals surface area (Å²) in [7, 11) is 3.13. The van der Waals surface area contributed by atoms with Gasteiger partial charge in [-0.25, -0.2) is 4.79 Å². The molecule has 0 fully saturated rings. The number of alkyl carbamates (subject to hydrolysis) is 1. The maximum absolute atomic E-state index is 12.4. The largest absolute Gasteiger partial charge is 0.453 e. The zero-order valence-corrected chi connectivity index (χ0v) is 17.3. The second-order valence-corrected chi connectivity index (χ2v) is 6.65. The topological polar surface area (TPSA) is 88.7 Å². The summed E-state index contributed by atoms with van der Waals surface area (Å²) in [5.74, 6) is -0.153. The summed E-state index contributed by atoms with van der Waals surface area (Å²) in [6.07, 6.45) is -0.966. The molecule has 1 unspecified atom stereocenters. The van der Waals surface area contributed by atoms with Crippen LogP contribution < -0.4 is 16.0 Å². The standard InChI is InChI=1S/C21H26ClN3O4/c1-23-9-10-24-20(26)17-7-3-5-15(13-17)19(16-6-4-8-18(22)14-16)29-12-11-25-21(27)28-2/h3-8,13-14,19,23H,9-12H2,1-2H3,(H,24,26)(H,25,27). The van der Waals surface area contributed by atoms with Crippen LogP contribution in [0.1, 0.15) is 27.6 Å². The number of ether oxygens (including phenoxy) is 2. The summed E-state index contributed by atoms with van der Waals surface area (Å²) >= 11 is 6.15. The first-order valence-electron chi connectivity index (χ1n) is 9.26. The number of methoxy groups -OCH3 is 1. The fourth-order valence-electron chi connectivity index (χ4n) is 2.70. The van der Waals surface area contributed by atoms with Crippen molar-refractivity contribution >= 4 is 23.6 Å². The zero-order chi connectivity index (χ0) is 21.1. The van der Waals surface area contributed by atoms with Crippen molar-refractivity contribution in [3.05, 3.63) is 70.2 Å². The van der Waals surface area contributed by atoms with Gasteiger partial charge in [-0.1, -0.05) is 35.9 Å². The Hall–Kier alpha value is -2.61. The summed E-state index contributed by atoms with van der Waals surface area (Å²) < 4.78 is 10.6. The van der Waals surface area contributed by atoms with Crippen molar-refractivity contribution in [2.75, 3.05) is 40.4 Å². The van der Waals surface area contributed by atoms with E-state index in [-0.39, 0.29) is 19.1 Å². The first-order valence-corrected chi connectivity index (χ1v) is 9.64. The Kier molecular flexibility index (Phi) is 9.43. The van der Waals surface area contributed by atoms with Gasteiger partial charge in [-0.05, 0) is 42.4 Å². The normalized spacial score (nSPS) is 11.6. The van der Waals surface area contributed by atoms with Crippen LogP contribution in [0.3, 0.4) is 0 Å². The predicted molar refractivity (Wildman–Crippen MR) is 112 cm³/mol. The average Bonchev–Trinajstić information content (AvgIpc) is 2.73. The molecule has 0 aliphatic carbocycles. The third-order valence-corrected chi connectivity index (χ3v) is 4.34. The van der Waals surface area contributed by atoms with Crippen LogP contribution in [-0.2, 0) is 9.47 Å². The number of likely N-dealkylation sites (N-methyl/N-ethyl adjacent to an activating group) is 1. The lowest BCUT2D eigenvalue weighted by atomic mass is 9.99. The zero-order valence-electron chi connectivity index (χ0n) is 16.5. The molecule has 2 amide bonds. The fourth-order valence-corrected chi connectivity index (χ4v) is 2.90. The number of carbonyl (C=O) groups excluding carboxylic acids is 2. The van der Waals surface area contributed by atoms with Crippen LogP contribution >= 0.6 is 11.6 Å². The quantitative estimate of drug-likeness (QED) is 0.515. The van der Waals surface area contributed by atoms with E-state index in [0.29, 0.717) is 23.7 Å². The highest BCUT2D eigenvalue weighted by atomic mass is 35.5. The molecular formula is C21H26ClN3O4. The number of rotatable bonds is 10. The molecule has 7 nitrogen and oxygen atoms in total. The van der Waals surface area contributed by atoms with Gasteiger partial charge in [-0.3, -0.25) is 4.79 Å². The van der Waals surface area contributed by atoms with Gasteiger partial charge in [0.25, 0.3) is 5.91 Å². The Morgan fingerprint density at radius 1 is 1.00 bits per heavy atom. The number of hydrogen-bond acceptors (Lipinski definition) is 5. The maximum Gasteiger partial charge on any atom is 0.406 e. The molecule has 2 rings (SSSR count). The lowest BCUT2D eigenvalue weighted by Gasteiger charge is -2.20. The van der Waals surface area contributed by atoms with Gasteiger partial charge in [0.2, 0.25) is 0 Å². The summed E-state index contributed by atoms with van der Waals surface area (Å²) in [4.78, 5) is 23.6. The van der Waals surface area contributed by atoms with Crippen LogP contribution in [-0.4, -0.2) is 52.4 Å². The minimum absolute atomic E-state index is 0.153. The first kappa shape index (κ1) is 22.7. The van der Waals surface area contributed by atoms with Gasteiger partial charge in [0, 0.05) is 30.2 Å². The number of halogens is 1. The van der Waals surface area contributed by atoms with Gasteiger partial charge in [0.1, 0.15) is 6.10 Å². The predicted octanol–water partition coefficient (Wildman–Crippen LogP) is 2.75. The SMILES string of the molecule is CNCCNC(=O)c1cccc(C(OCCNC(=O)OC)c2cccc(Cl)c2)c1. The number of amides is 2. The molecule has 0 heterocycles. The third-order valence-electron chi connectivity index (χ3n) is 4.10. The van der Waals surface area contributed by atoms with Crippen molar-refractivity contribution in [3.63, 3.8) is 0 Å². The van der Waals surface area contributed by atoms with Gasteiger partial charge in [-0.15, -0.1) is 0 Å². The highest BCUT2D eigenvalue weighted by Gasteiger charge is 2.17. The molecule has 0 aromatic heterocycles. The van der Waals surface area contributed by atoms with Crippen molar-refractivity contribution in [1.29, 1.82) is 0 Å². The molecule has 2 aromatic rings. The molecule has 1 atom stereocenters. The number of nitrogens with one attached hydrogen (secondary N) is 3. The van der Waals surface area contributed by atoms with E-state index in [0.717, 1.165) is 11.1 Å². The number of benzene rings is 2. The van der Waals surface area contributed by atoms with Gasteiger partial charge in [0.05, 0.1) is 13.7 Å². The second kappa shape index (κ2) is 12.1. The summed E-state index contributed by atoms with van der Waals surface area (Å²) in [6, 6.07) is 14.6. The van der Waals surface area contributed by atoms with Crippen molar-refractivity contribution in [3.8, 4) is 0 Å². The van der Waals surface area contributed by atoms with E-state index in [1.54, 1.807) is 18.2 Å². The van der Waals surface area contributed by atoms with Crippen molar-refractivity contribution in [2.24, 2.45) is 0 Å². The molecule has 29 heavy (non-hydrogen) atoms. The van der Waals surface area contributed by atoms with Crippen molar-refractivity contribution in [1.82, 2.24) is 16.0 Å². The molecule has 0 spiro atoms. The third kappa shape index (κ3) is 7.38. The van der Waals surface area contributed by atoms with Crippen LogP contribution in [0.4, 0.5) is 4.79 Å². The van der Waals surface area contributed by atoms with Crippen LogP contribution in [0.5, 0.6) is 0 Å². The number of hydrogen-bond donors (Lipinski definition) is 3. The Bertz CT molecular complexity index is 816. The average molecular weight is 420 g/mol. The number of carbonyl (C=O) groups is 2. The summed E-state index contributed by atoms with van der Waals surface area (Å²) in [5.41, 5.74) is 2.21. The smallest absolute Gasteiger partial charge is 0.406 e. The molecule has 0 saturated carbocycles. The Balaban J connectivity index is 2.18. The lowest BCUT2D eigenvalue weighted by Crippen LogP contribution is -2.30. The minimum Gasteiger partial charge on any atom is -0.453 e. The van der Waals surface area contributed by atoms with Gasteiger partial charge < -0.3 is 25.4 Å². The molecule has 8 heteroatoms. The highest BCUT2D eigenvalue weighted by molar-refractivity contribution is 6.30. The van der Waals surface area contributed by atoms with Crippen LogP contribution in [0.15, 0.2) is 48.5 Å². The Morgan fingerprint density at radius 2 is 1.72 bits per heavy atom. The Morgan fingerprint density at radius 3 is 2.41 bits per heavy atom. The molecule has 3 N–H and O–H groups in total. The van der Waals surface area contributed by atoms with E-state index in [2.05, 4.69) is 20.7 Å². The van der Waals surface area contributed by atoms with Crippen LogP contribution in [0.2, 0.25) is 5.02 Å². The van der Waals surface area contributed by atoms with E-state index >= 15 is 0 Å². The van der Waals surface area contributed by atoms with E-state index in [9.17, 15) is 9.59 Å². The molecule has 0 aliphatic heterocycles. The van der Waals surface area contributed by atoms with E-state index in [1.807, 2.05) is 37.4 Å². The van der Waals surface area contributed by atoms with Crippen molar-refractivity contribution < 1.29 is 19.1 Å². The van der Waals surface area contributed by atoms with Crippen LogP contribution in [0, 0.1) is 0 Å². The molecule has 0 bridgehead atoms. The lowest BCUT2D eigenvalue weighted by molar-refractivity contribution is 0.0804. The molecule has 0 radical (unpaired) electrons. The molecule has 2 aromatic carbocycles. The molecule has 0 saturated heterocycles. The highest BCUT2D eigenvalue weighted by Crippen LogP contribution is 2.28. The van der Waals surface area contributed by atoms with Gasteiger partial charge in [-0.2, -0.15) is 0 Å². The first-order chi connectivity index (χ1) is 14.0. The van der Waals surface area contributed by atoms with Crippen molar-refractivity contribution in [2.45, 2.75) is 6.10 Å². The monoisotopic (exact) mass is 419 g/mol. The maximum atomic E-state index is 12.4. The Labute approximate surface area is 175 Å². The molecular weight excluding hydrogens is 394 g/mol. The molecule has 156 valence electrons. The fraction of sp³-hybridized carbons (Fsp3) is 0.333. The van der Waals surface area contributed by atoms with Gasteiger partial charge in [0.15, 0.2) is 0 Å². The van der Waals surface area contributed by atoms with E-state index < -0.39 is 12.2 Å². The van der Waals surface area contributed by atoms with E-state index in [1.165, 1.54) is 7.11 Å². The second-order valence-electron chi connectivity index (χ2n) is 6.21. The molecule has 0 aliphatic rings. The van der Waals surface area contributed by atoms with E-state index in [4.69, 9.17) is 16.3 Å². The minimum atomic E-state index is -0.520.